The van der Waals surface area contributed by atoms with E-state index in [-0.39, 0.29) is 17.0 Å². The number of amides is 1. The Morgan fingerprint density at radius 1 is 1.23 bits per heavy atom. The maximum Gasteiger partial charge on any atom is 0.286 e. The fourth-order valence-corrected chi connectivity index (χ4v) is 2.62. The second-order valence-electron chi connectivity index (χ2n) is 5.80. The van der Waals surface area contributed by atoms with E-state index in [1.165, 1.54) is 24.1 Å². The SMILES string of the molecule is CCOc1cc(C(=O)N(C)Cc2ccccc2C)c([N+](=O)[O-])cc1OC. The summed E-state index contributed by atoms with van der Waals surface area (Å²) in [4.78, 5) is 25.2. The quantitative estimate of drug-likeness (QED) is 0.558. The van der Waals surface area contributed by atoms with Gasteiger partial charge in [0, 0.05) is 19.7 Å². The van der Waals surface area contributed by atoms with Crippen molar-refractivity contribution in [3.05, 3.63) is 63.2 Å². The number of nitro benzene ring substituents is 1. The maximum atomic E-state index is 12.9. The molecule has 0 heterocycles. The number of hydrogen-bond acceptors (Lipinski definition) is 5. The summed E-state index contributed by atoms with van der Waals surface area (Å²) in [5.41, 5.74) is 1.68. The minimum absolute atomic E-state index is 0.0321. The highest BCUT2D eigenvalue weighted by molar-refractivity contribution is 5.99. The van der Waals surface area contributed by atoms with Gasteiger partial charge in [-0.2, -0.15) is 0 Å². The molecule has 0 saturated carbocycles. The molecule has 0 atom stereocenters. The Labute approximate surface area is 152 Å². The van der Waals surface area contributed by atoms with Crippen LogP contribution in [-0.2, 0) is 6.54 Å². The predicted molar refractivity (Wildman–Crippen MR) is 97.8 cm³/mol. The van der Waals surface area contributed by atoms with E-state index in [9.17, 15) is 14.9 Å². The van der Waals surface area contributed by atoms with Gasteiger partial charge in [-0.3, -0.25) is 14.9 Å². The van der Waals surface area contributed by atoms with Crippen molar-refractivity contribution >= 4 is 11.6 Å². The number of carbonyl (C=O) groups excluding carboxylic acids is 1. The normalized spacial score (nSPS) is 10.3. The van der Waals surface area contributed by atoms with Crippen molar-refractivity contribution in [2.24, 2.45) is 0 Å². The molecule has 138 valence electrons. The fraction of sp³-hybridized carbons (Fsp3) is 0.316. The molecular formula is C19H22N2O5. The molecule has 0 spiro atoms. The largest absolute Gasteiger partial charge is 0.493 e. The molecule has 0 bridgehead atoms. The fourth-order valence-electron chi connectivity index (χ4n) is 2.62. The smallest absolute Gasteiger partial charge is 0.286 e. The van der Waals surface area contributed by atoms with Crippen molar-refractivity contribution in [2.45, 2.75) is 20.4 Å². The molecule has 0 aliphatic carbocycles. The molecule has 0 radical (unpaired) electrons. The number of ether oxygens (including phenoxy) is 2. The van der Waals surface area contributed by atoms with Crippen molar-refractivity contribution in [3.8, 4) is 11.5 Å². The van der Waals surface area contributed by atoms with E-state index in [0.29, 0.717) is 18.9 Å². The molecule has 0 fully saturated rings. The summed E-state index contributed by atoms with van der Waals surface area (Å²) < 4.78 is 10.6. The third-order valence-corrected chi connectivity index (χ3v) is 4.02. The lowest BCUT2D eigenvalue weighted by atomic mass is 10.1. The van der Waals surface area contributed by atoms with Gasteiger partial charge < -0.3 is 14.4 Å². The first-order valence-electron chi connectivity index (χ1n) is 8.18. The van der Waals surface area contributed by atoms with E-state index < -0.39 is 10.8 Å². The number of hydrogen-bond donors (Lipinski definition) is 0. The van der Waals surface area contributed by atoms with E-state index in [2.05, 4.69) is 0 Å². The summed E-state index contributed by atoms with van der Waals surface area (Å²) in [7, 11) is 3.01. The molecule has 1 amide bonds. The number of nitro groups is 1. The topological polar surface area (TPSA) is 81.9 Å². The van der Waals surface area contributed by atoms with Crippen molar-refractivity contribution < 1.29 is 19.2 Å². The zero-order valence-electron chi connectivity index (χ0n) is 15.3. The van der Waals surface area contributed by atoms with Crippen molar-refractivity contribution in [1.82, 2.24) is 4.90 Å². The molecule has 26 heavy (non-hydrogen) atoms. The van der Waals surface area contributed by atoms with Crippen LogP contribution in [0.25, 0.3) is 0 Å². The molecule has 2 aromatic carbocycles. The van der Waals surface area contributed by atoms with E-state index >= 15 is 0 Å². The first-order chi connectivity index (χ1) is 12.4. The number of methoxy groups -OCH3 is 1. The molecule has 2 rings (SSSR count). The molecule has 2 aromatic rings. The lowest BCUT2D eigenvalue weighted by Gasteiger charge is -2.19. The summed E-state index contributed by atoms with van der Waals surface area (Å²) in [5.74, 6) is 0.0634. The molecule has 7 nitrogen and oxygen atoms in total. The summed E-state index contributed by atoms with van der Waals surface area (Å²) in [6.07, 6.45) is 0. The average Bonchev–Trinajstić information content (AvgIpc) is 2.62. The summed E-state index contributed by atoms with van der Waals surface area (Å²) >= 11 is 0. The minimum Gasteiger partial charge on any atom is -0.493 e. The van der Waals surface area contributed by atoms with Crippen LogP contribution in [0, 0.1) is 17.0 Å². The molecule has 0 saturated heterocycles. The molecule has 0 aliphatic heterocycles. The third kappa shape index (κ3) is 4.11. The van der Waals surface area contributed by atoms with Crippen LogP contribution < -0.4 is 9.47 Å². The molecule has 0 unspecified atom stereocenters. The van der Waals surface area contributed by atoms with Crippen LogP contribution in [-0.4, -0.2) is 36.5 Å². The predicted octanol–water partition coefficient (Wildman–Crippen LogP) is 3.58. The summed E-state index contributed by atoms with van der Waals surface area (Å²) in [5, 5.41) is 11.4. The molecular weight excluding hydrogens is 336 g/mol. The minimum atomic E-state index is -0.590. The van der Waals surface area contributed by atoms with Gasteiger partial charge in [-0.15, -0.1) is 0 Å². The lowest BCUT2D eigenvalue weighted by Crippen LogP contribution is -2.27. The summed E-state index contributed by atoms with van der Waals surface area (Å²) in [6, 6.07) is 10.3. The van der Waals surface area contributed by atoms with Crippen molar-refractivity contribution in [3.63, 3.8) is 0 Å². The number of rotatable bonds is 7. The first kappa shape index (κ1) is 19.2. The zero-order chi connectivity index (χ0) is 19.3. The van der Waals surface area contributed by atoms with Crippen LogP contribution in [0.4, 0.5) is 5.69 Å². The van der Waals surface area contributed by atoms with Crippen molar-refractivity contribution in [1.29, 1.82) is 0 Å². The van der Waals surface area contributed by atoms with Gasteiger partial charge in [-0.05, 0) is 25.0 Å². The van der Waals surface area contributed by atoms with Gasteiger partial charge in [-0.25, -0.2) is 0 Å². The highest BCUT2D eigenvalue weighted by atomic mass is 16.6. The second-order valence-corrected chi connectivity index (χ2v) is 5.80. The van der Waals surface area contributed by atoms with Gasteiger partial charge in [0.05, 0.1) is 24.7 Å². The second kappa shape index (κ2) is 8.33. The highest BCUT2D eigenvalue weighted by Gasteiger charge is 2.27. The van der Waals surface area contributed by atoms with Gasteiger partial charge >= 0.3 is 0 Å². The molecule has 0 N–H and O–H groups in total. The van der Waals surface area contributed by atoms with Crippen LogP contribution >= 0.6 is 0 Å². The van der Waals surface area contributed by atoms with Gasteiger partial charge in [-0.1, -0.05) is 24.3 Å². The maximum absolute atomic E-state index is 12.9. The molecule has 0 aromatic heterocycles. The Morgan fingerprint density at radius 2 is 1.92 bits per heavy atom. The van der Waals surface area contributed by atoms with E-state index in [4.69, 9.17) is 9.47 Å². The van der Waals surface area contributed by atoms with Gasteiger partial charge in [0.25, 0.3) is 11.6 Å². The highest BCUT2D eigenvalue weighted by Crippen LogP contribution is 2.35. The standard InChI is InChI=1S/C19H22N2O5/c1-5-26-18-10-15(16(21(23)24)11-17(18)25-4)19(22)20(3)12-14-9-7-6-8-13(14)2/h6-11H,5,12H2,1-4H3. The molecule has 0 aliphatic rings. The average molecular weight is 358 g/mol. The Bertz CT molecular complexity index is 820. The van der Waals surface area contributed by atoms with Gasteiger partial charge in [0.2, 0.25) is 0 Å². The van der Waals surface area contributed by atoms with E-state index in [1.54, 1.807) is 14.0 Å². The zero-order valence-corrected chi connectivity index (χ0v) is 15.3. The van der Waals surface area contributed by atoms with Gasteiger partial charge in [0.1, 0.15) is 5.56 Å². The summed E-state index contributed by atoms with van der Waals surface area (Å²) in [6.45, 7) is 4.43. The Balaban J connectivity index is 2.41. The number of carbonyl (C=O) groups is 1. The van der Waals surface area contributed by atoms with Crippen molar-refractivity contribution in [2.75, 3.05) is 20.8 Å². The number of aryl methyl sites for hydroxylation is 1. The van der Waals surface area contributed by atoms with Crippen LogP contribution in [0.3, 0.4) is 0 Å². The van der Waals surface area contributed by atoms with Crippen LogP contribution in [0.2, 0.25) is 0 Å². The third-order valence-electron chi connectivity index (χ3n) is 4.02. The number of benzene rings is 2. The monoisotopic (exact) mass is 358 g/mol. The van der Waals surface area contributed by atoms with E-state index in [1.807, 2.05) is 31.2 Å². The Kier molecular flexibility index (Phi) is 6.16. The Hall–Kier alpha value is -3.09. The number of nitrogens with zero attached hydrogens (tertiary/aromatic N) is 2. The van der Waals surface area contributed by atoms with Crippen LogP contribution in [0.5, 0.6) is 11.5 Å². The van der Waals surface area contributed by atoms with Gasteiger partial charge in [0.15, 0.2) is 11.5 Å². The Morgan fingerprint density at radius 3 is 2.50 bits per heavy atom. The van der Waals surface area contributed by atoms with Crippen LogP contribution in [0.15, 0.2) is 36.4 Å². The first-order valence-corrected chi connectivity index (χ1v) is 8.18. The van der Waals surface area contributed by atoms with E-state index in [0.717, 1.165) is 11.1 Å². The molecule has 7 heteroatoms. The lowest BCUT2D eigenvalue weighted by molar-refractivity contribution is -0.385. The van der Waals surface area contributed by atoms with Crippen LogP contribution in [0.1, 0.15) is 28.4 Å².